The molecule has 0 aliphatic rings. The van der Waals surface area contributed by atoms with Crippen molar-refractivity contribution in [2.24, 2.45) is 0 Å². The van der Waals surface area contributed by atoms with Gasteiger partial charge in [-0.05, 0) is 29.8 Å². The molecule has 0 atom stereocenters. The number of aromatic nitrogens is 1. The topological polar surface area (TPSA) is 68.3 Å². The van der Waals surface area contributed by atoms with E-state index in [0.29, 0.717) is 17.2 Å². The lowest BCUT2D eigenvalue weighted by atomic mass is 10.3. The minimum absolute atomic E-state index is 0.102. The first-order valence-electron chi connectivity index (χ1n) is 7.46. The molecule has 25 heavy (non-hydrogen) atoms. The van der Waals surface area contributed by atoms with Crippen molar-refractivity contribution in [1.82, 2.24) is 9.71 Å². The number of nitrogens with zero attached hydrogens (tertiary/aromatic N) is 1. The summed E-state index contributed by atoms with van der Waals surface area (Å²) in [6.45, 7) is 0.102. The van der Waals surface area contributed by atoms with Gasteiger partial charge in [-0.3, -0.25) is 0 Å². The molecule has 0 aliphatic heterocycles. The van der Waals surface area contributed by atoms with Gasteiger partial charge in [-0.2, -0.15) is 0 Å². The molecule has 0 amide bonds. The summed E-state index contributed by atoms with van der Waals surface area (Å²) in [4.78, 5) is 4.30. The SMILES string of the molecule is O=S(=O)(NCc1ccc(Oc2cccc(F)c2)nc1)c1ccccc1. The van der Waals surface area contributed by atoms with Crippen LogP contribution in [0.2, 0.25) is 0 Å². The van der Waals surface area contributed by atoms with Crippen molar-refractivity contribution in [3.8, 4) is 11.6 Å². The third-order valence-corrected chi connectivity index (χ3v) is 4.75. The van der Waals surface area contributed by atoms with E-state index in [-0.39, 0.29) is 11.4 Å². The lowest BCUT2D eigenvalue weighted by Gasteiger charge is -2.08. The second-order valence-electron chi connectivity index (χ2n) is 5.20. The van der Waals surface area contributed by atoms with Gasteiger partial charge in [0, 0.05) is 24.9 Å². The van der Waals surface area contributed by atoms with Crippen LogP contribution in [0.3, 0.4) is 0 Å². The van der Waals surface area contributed by atoms with E-state index < -0.39 is 15.8 Å². The number of ether oxygens (including phenoxy) is 1. The molecule has 0 aliphatic carbocycles. The molecule has 5 nitrogen and oxygen atoms in total. The summed E-state index contributed by atoms with van der Waals surface area (Å²) in [5.74, 6) is 0.231. The van der Waals surface area contributed by atoms with Crippen LogP contribution in [0.15, 0.2) is 77.8 Å². The van der Waals surface area contributed by atoms with Crippen LogP contribution in [0.5, 0.6) is 11.6 Å². The number of hydrogen-bond donors (Lipinski definition) is 1. The average molecular weight is 358 g/mol. The summed E-state index contributed by atoms with van der Waals surface area (Å²) in [5, 5.41) is 0. The smallest absolute Gasteiger partial charge is 0.240 e. The van der Waals surface area contributed by atoms with Crippen molar-refractivity contribution >= 4 is 10.0 Å². The van der Waals surface area contributed by atoms with Crippen molar-refractivity contribution in [3.05, 3.63) is 84.3 Å². The van der Waals surface area contributed by atoms with Gasteiger partial charge in [0.25, 0.3) is 0 Å². The van der Waals surface area contributed by atoms with Gasteiger partial charge in [-0.25, -0.2) is 22.5 Å². The number of pyridine rings is 1. The molecule has 0 spiro atoms. The lowest BCUT2D eigenvalue weighted by molar-refractivity contribution is 0.457. The van der Waals surface area contributed by atoms with Gasteiger partial charge in [0.05, 0.1) is 4.90 Å². The normalized spacial score (nSPS) is 11.2. The Labute approximate surface area is 145 Å². The van der Waals surface area contributed by atoms with Crippen LogP contribution in [0, 0.1) is 5.82 Å². The van der Waals surface area contributed by atoms with Crippen molar-refractivity contribution in [3.63, 3.8) is 0 Å². The minimum atomic E-state index is -3.57. The van der Waals surface area contributed by atoms with E-state index in [9.17, 15) is 12.8 Å². The largest absolute Gasteiger partial charge is 0.439 e. The Balaban J connectivity index is 1.63. The minimum Gasteiger partial charge on any atom is -0.439 e. The average Bonchev–Trinajstić information content (AvgIpc) is 2.62. The summed E-state index contributed by atoms with van der Waals surface area (Å²) >= 11 is 0. The van der Waals surface area contributed by atoms with Crippen LogP contribution in [0.25, 0.3) is 0 Å². The Bertz CT molecular complexity index is 946. The van der Waals surface area contributed by atoms with E-state index in [0.717, 1.165) is 0 Å². The first-order valence-corrected chi connectivity index (χ1v) is 8.94. The van der Waals surface area contributed by atoms with Crippen molar-refractivity contribution < 1.29 is 17.5 Å². The molecule has 0 saturated carbocycles. The number of halogens is 1. The second-order valence-corrected chi connectivity index (χ2v) is 6.97. The maximum absolute atomic E-state index is 13.1. The molecule has 0 saturated heterocycles. The predicted molar refractivity (Wildman–Crippen MR) is 91.2 cm³/mol. The molecule has 1 aromatic heterocycles. The molecule has 1 heterocycles. The van der Waals surface area contributed by atoms with Crippen molar-refractivity contribution in [1.29, 1.82) is 0 Å². The summed E-state index contributed by atoms with van der Waals surface area (Å²) in [6, 6.07) is 17.1. The van der Waals surface area contributed by atoms with E-state index in [1.165, 1.54) is 36.5 Å². The number of rotatable bonds is 6. The number of hydrogen-bond acceptors (Lipinski definition) is 4. The Kier molecular flexibility index (Phi) is 5.06. The first kappa shape index (κ1) is 17.1. The number of sulfonamides is 1. The molecule has 0 bridgehead atoms. The van der Waals surface area contributed by atoms with Gasteiger partial charge in [0.2, 0.25) is 15.9 Å². The Morgan fingerprint density at radius 3 is 2.48 bits per heavy atom. The quantitative estimate of drug-likeness (QED) is 0.732. The van der Waals surface area contributed by atoms with E-state index in [2.05, 4.69) is 9.71 Å². The Morgan fingerprint density at radius 1 is 1.00 bits per heavy atom. The van der Waals surface area contributed by atoms with Crippen LogP contribution in [-0.2, 0) is 16.6 Å². The molecule has 3 aromatic rings. The Morgan fingerprint density at radius 2 is 1.80 bits per heavy atom. The molecule has 0 fully saturated rings. The van der Waals surface area contributed by atoms with Crippen LogP contribution >= 0.6 is 0 Å². The fourth-order valence-corrected chi connectivity index (χ4v) is 3.13. The van der Waals surface area contributed by atoms with Gasteiger partial charge in [0.15, 0.2) is 0 Å². The number of nitrogens with one attached hydrogen (secondary N) is 1. The van der Waals surface area contributed by atoms with E-state index in [1.54, 1.807) is 36.4 Å². The van der Waals surface area contributed by atoms with Crippen LogP contribution in [-0.4, -0.2) is 13.4 Å². The highest BCUT2D eigenvalue weighted by Gasteiger charge is 2.12. The molecule has 7 heteroatoms. The van der Waals surface area contributed by atoms with Gasteiger partial charge >= 0.3 is 0 Å². The highest BCUT2D eigenvalue weighted by Crippen LogP contribution is 2.20. The molecular weight excluding hydrogens is 343 g/mol. The Hall–Kier alpha value is -2.77. The second kappa shape index (κ2) is 7.42. The number of benzene rings is 2. The van der Waals surface area contributed by atoms with Gasteiger partial charge < -0.3 is 4.74 Å². The third kappa shape index (κ3) is 4.62. The van der Waals surface area contributed by atoms with Crippen molar-refractivity contribution in [2.45, 2.75) is 11.4 Å². The predicted octanol–water partition coefficient (Wildman–Crippen LogP) is 3.49. The standard InChI is InChI=1S/C18H15FN2O3S/c19-15-5-4-6-16(11-15)24-18-10-9-14(12-20-18)13-21-25(22,23)17-7-2-1-3-8-17/h1-12,21H,13H2. The fraction of sp³-hybridized carbons (Fsp3) is 0.0556. The van der Waals surface area contributed by atoms with Crippen LogP contribution < -0.4 is 9.46 Å². The van der Waals surface area contributed by atoms with E-state index >= 15 is 0 Å². The molecule has 0 radical (unpaired) electrons. The molecule has 3 rings (SSSR count). The van der Waals surface area contributed by atoms with Crippen molar-refractivity contribution in [2.75, 3.05) is 0 Å². The van der Waals surface area contributed by atoms with E-state index in [1.807, 2.05) is 0 Å². The van der Waals surface area contributed by atoms with Gasteiger partial charge in [0.1, 0.15) is 11.6 Å². The maximum Gasteiger partial charge on any atom is 0.240 e. The molecule has 0 unspecified atom stereocenters. The van der Waals surface area contributed by atoms with Gasteiger partial charge in [-0.1, -0.05) is 30.3 Å². The summed E-state index contributed by atoms with van der Waals surface area (Å²) in [7, 11) is -3.57. The van der Waals surface area contributed by atoms with E-state index in [4.69, 9.17) is 4.74 Å². The third-order valence-electron chi connectivity index (χ3n) is 3.34. The van der Waals surface area contributed by atoms with Crippen LogP contribution in [0.1, 0.15) is 5.56 Å². The van der Waals surface area contributed by atoms with Crippen LogP contribution in [0.4, 0.5) is 4.39 Å². The summed E-state index contributed by atoms with van der Waals surface area (Å²) < 4.78 is 45.4. The molecule has 2 aromatic carbocycles. The monoisotopic (exact) mass is 358 g/mol. The summed E-state index contributed by atoms with van der Waals surface area (Å²) in [6.07, 6.45) is 1.50. The fourth-order valence-electron chi connectivity index (χ4n) is 2.09. The maximum atomic E-state index is 13.1. The molecular formula is C18H15FN2O3S. The lowest BCUT2D eigenvalue weighted by Crippen LogP contribution is -2.23. The molecule has 1 N–H and O–H groups in total. The first-order chi connectivity index (χ1) is 12.0. The summed E-state index contributed by atoms with van der Waals surface area (Å²) in [5.41, 5.74) is 0.672. The zero-order chi connectivity index (χ0) is 17.7. The highest BCUT2D eigenvalue weighted by molar-refractivity contribution is 7.89. The highest BCUT2D eigenvalue weighted by atomic mass is 32.2. The zero-order valence-corrected chi connectivity index (χ0v) is 13.9. The zero-order valence-electron chi connectivity index (χ0n) is 13.1. The molecule has 128 valence electrons. The van der Waals surface area contributed by atoms with Gasteiger partial charge in [-0.15, -0.1) is 0 Å².